The molecule has 1 heterocycles. The van der Waals surface area contributed by atoms with E-state index in [2.05, 4.69) is 11.1 Å². The van der Waals surface area contributed by atoms with Crippen molar-refractivity contribution in [2.45, 2.75) is 19.4 Å². The third-order valence-corrected chi connectivity index (χ3v) is 3.04. The number of hydrogen-bond donors (Lipinski definition) is 1. The van der Waals surface area contributed by atoms with Gasteiger partial charge in [0.2, 0.25) is 0 Å². The number of rotatable bonds is 5. The van der Waals surface area contributed by atoms with Crippen molar-refractivity contribution in [3.05, 3.63) is 54.2 Å². The molecule has 4 nitrogen and oxygen atoms in total. The summed E-state index contributed by atoms with van der Waals surface area (Å²) >= 11 is 0. The largest absolute Gasteiger partial charge is 0.389 e. The van der Waals surface area contributed by atoms with E-state index in [9.17, 15) is 5.11 Å². The van der Waals surface area contributed by atoms with Crippen LogP contribution >= 0.6 is 0 Å². The molecule has 0 unspecified atom stereocenters. The molecule has 0 radical (unpaired) electrons. The Morgan fingerprint density at radius 1 is 1.25 bits per heavy atom. The maximum Gasteiger partial charge on any atom is 0.132 e. The lowest BCUT2D eigenvalue weighted by atomic mass is 10.2. The van der Waals surface area contributed by atoms with Gasteiger partial charge < -0.3 is 10.0 Å². The molecule has 1 aromatic heterocycles. The molecule has 0 fully saturated rings. The van der Waals surface area contributed by atoms with Gasteiger partial charge in [0, 0.05) is 18.4 Å². The molecule has 0 aliphatic rings. The van der Waals surface area contributed by atoms with Gasteiger partial charge in [-0.15, -0.1) is 0 Å². The van der Waals surface area contributed by atoms with E-state index in [-0.39, 0.29) is 0 Å². The first-order valence-corrected chi connectivity index (χ1v) is 6.56. The van der Waals surface area contributed by atoms with Crippen molar-refractivity contribution in [2.24, 2.45) is 0 Å². The molecule has 0 saturated heterocycles. The smallest absolute Gasteiger partial charge is 0.132 e. The summed E-state index contributed by atoms with van der Waals surface area (Å²) in [7, 11) is 0. The molecule has 1 atom stereocenters. The average molecular weight is 267 g/mol. The van der Waals surface area contributed by atoms with Crippen molar-refractivity contribution in [3.8, 4) is 6.07 Å². The van der Waals surface area contributed by atoms with Crippen LogP contribution in [0.1, 0.15) is 25.0 Å². The monoisotopic (exact) mass is 267 g/mol. The Balaban J connectivity index is 2.29. The third kappa shape index (κ3) is 3.34. The Bertz CT molecular complexity index is 573. The first kappa shape index (κ1) is 14.0. The molecule has 2 aromatic rings. The zero-order chi connectivity index (χ0) is 14.4. The number of para-hydroxylation sites is 1. The predicted octanol–water partition coefficient (Wildman–Crippen LogP) is 3.19. The van der Waals surface area contributed by atoms with Gasteiger partial charge >= 0.3 is 0 Å². The van der Waals surface area contributed by atoms with Gasteiger partial charge in [0.15, 0.2) is 0 Å². The molecular formula is C16H17N3O. The molecule has 0 saturated carbocycles. The average Bonchev–Trinajstić information content (AvgIpc) is 2.49. The quantitative estimate of drug-likeness (QED) is 0.903. The van der Waals surface area contributed by atoms with Gasteiger partial charge in [0.25, 0.3) is 0 Å². The summed E-state index contributed by atoms with van der Waals surface area (Å²) in [6.45, 7) is 2.29. The van der Waals surface area contributed by atoms with Gasteiger partial charge in [-0.1, -0.05) is 24.3 Å². The van der Waals surface area contributed by atoms with Crippen LogP contribution < -0.4 is 4.90 Å². The van der Waals surface area contributed by atoms with Crippen LogP contribution in [-0.4, -0.2) is 16.6 Å². The van der Waals surface area contributed by atoms with Crippen molar-refractivity contribution in [2.75, 3.05) is 11.4 Å². The molecule has 0 aliphatic carbocycles. The minimum atomic E-state index is -0.527. The molecule has 1 aromatic carbocycles. The van der Waals surface area contributed by atoms with E-state index >= 15 is 0 Å². The fourth-order valence-electron chi connectivity index (χ4n) is 1.95. The van der Waals surface area contributed by atoms with Gasteiger partial charge in [0.1, 0.15) is 5.82 Å². The van der Waals surface area contributed by atoms with Crippen molar-refractivity contribution in [3.63, 3.8) is 0 Å². The SMILES string of the molecule is C[C@@H](O)c1ccc(N(CCC#N)c2ccccc2)nc1. The highest BCUT2D eigenvalue weighted by atomic mass is 16.3. The number of nitriles is 1. The van der Waals surface area contributed by atoms with E-state index in [1.807, 2.05) is 47.4 Å². The Hall–Kier alpha value is -2.38. The van der Waals surface area contributed by atoms with Gasteiger partial charge in [-0.2, -0.15) is 5.26 Å². The molecular weight excluding hydrogens is 250 g/mol. The highest BCUT2D eigenvalue weighted by Crippen LogP contribution is 2.24. The number of anilines is 2. The molecule has 0 spiro atoms. The molecule has 2 rings (SSSR count). The lowest BCUT2D eigenvalue weighted by Crippen LogP contribution is -2.19. The summed E-state index contributed by atoms with van der Waals surface area (Å²) in [5.74, 6) is 0.774. The minimum absolute atomic E-state index is 0.425. The molecule has 0 amide bonds. The van der Waals surface area contributed by atoms with E-state index in [1.54, 1.807) is 13.1 Å². The first-order valence-electron chi connectivity index (χ1n) is 6.56. The van der Waals surface area contributed by atoms with Crippen LogP contribution in [0, 0.1) is 11.3 Å². The van der Waals surface area contributed by atoms with E-state index in [0.717, 1.165) is 17.1 Å². The van der Waals surface area contributed by atoms with E-state index in [0.29, 0.717) is 13.0 Å². The number of nitrogens with zero attached hydrogens (tertiary/aromatic N) is 3. The number of aromatic nitrogens is 1. The second-order valence-electron chi connectivity index (χ2n) is 4.52. The molecule has 102 valence electrons. The van der Waals surface area contributed by atoms with Crippen LogP contribution in [0.3, 0.4) is 0 Å². The topological polar surface area (TPSA) is 60.1 Å². The normalized spacial score (nSPS) is 11.7. The number of aliphatic hydroxyl groups is 1. The summed E-state index contributed by atoms with van der Waals surface area (Å²) in [6, 6.07) is 15.7. The second-order valence-corrected chi connectivity index (χ2v) is 4.52. The van der Waals surface area contributed by atoms with Crippen molar-refractivity contribution in [1.82, 2.24) is 4.98 Å². The van der Waals surface area contributed by atoms with Gasteiger partial charge in [-0.25, -0.2) is 4.98 Å². The van der Waals surface area contributed by atoms with Crippen LogP contribution in [0.25, 0.3) is 0 Å². The summed E-state index contributed by atoms with van der Waals surface area (Å²) in [4.78, 5) is 6.38. The van der Waals surface area contributed by atoms with Gasteiger partial charge in [-0.3, -0.25) is 0 Å². The maximum absolute atomic E-state index is 9.51. The van der Waals surface area contributed by atoms with Crippen LogP contribution in [0.4, 0.5) is 11.5 Å². The van der Waals surface area contributed by atoms with E-state index < -0.39 is 6.10 Å². The van der Waals surface area contributed by atoms with E-state index in [4.69, 9.17) is 5.26 Å². The predicted molar refractivity (Wildman–Crippen MR) is 78.5 cm³/mol. The fourth-order valence-corrected chi connectivity index (χ4v) is 1.95. The van der Waals surface area contributed by atoms with E-state index in [1.165, 1.54) is 0 Å². The zero-order valence-electron chi connectivity index (χ0n) is 11.4. The molecule has 1 N–H and O–H groups in total. The highest BCUT2D eigenvalue weighted by Gasteiger charge is 2.10. The summed E-state index contributed by atoms with van der Waals surface area (Å²) in [5.41, 5.74) is 1.78. The van der Waals surface area contributed by atoms with Crippen LogP contribution in [0.2, 0.25) is 0 Å². The molecule has 20 heavy (non-hydrogen) atoms. The first-order chi connectivity index (χ1) is 9.72. The summed E-state index contributed by atoms with van der Waals surface area (Å²) < 4.78 is 0. The minimum Gasteiger partial charge on any atom is -0.389 e. The molecule has 0 aliphatic heterocycles. The van der Waals surface area contributed by atoms with Gasteiger partial charge in [0.05, 0.1) is 18.6 Å². The fraction of sp³-hybridized carbons (Fsp3) is 0.250. The lowest BCUT2D eigenvalue weighted by Gasteiger charge is -2.23. The maximum atomic E-state index is 9.51. The Labute approximate surface area is 118 Å². The second kappa shape index (κ2) is 6.69. The summed E-state index contributed by atoms with van der Waals surface area (Å²) in [5, 5.41) is 18.3. The van der Waals surface area contributed by atoms with Crippen LogP contribution in [-0.2, 0) is 0 Å². The number of benzene rings is 1. The van der Waals surface area contributed by atoms with Crippen molar-refractivity contribution >= 4 is 11.5 Å². The van der Waals surface area contributed by atoms with Gasteiger partial charge in [-0.05, 0) is 30.7 Å². The highest BCUT2D eigenvalue weighted by molar-refractivity contribution is 5.59. The Kier molecular flexibility index (Phi) is 4.70. The zero-order valence-corrected chi connectivity index (χ0v) is 11.4. The Morgan fingerprint density at radius 2 is 2.00 bits per heavy atom. The number of aliphatic hydroxyl groups excluding tert-OH is 1. The summed E-state index contributed by atoms with van der Waals surface area (Å²) in [6.07, 6.45) is 1.57. The van der Waals surface area contributed by atoms with Crippen molar-refractivity contribution in [1.29, 1.82) is 5.26 Å². The standard InChI is InChI=1S/C16H17N3O/c1-13(20)14-8-9-16(18-12-14)19(11-5-10-17)15-6-3-2-4-7-15/h2-4,6-9,12-13,20H,5,11H2,1H3/t13-/m1/s1. The lowest BCUT2D eigenvalue weighted by molar-refractivity contribution is 0.199. The van der Waals surface area contributed by atoms with Crippen LogP contribution in [0.5, 0.6) is 0 Å². The number of pyridine rings is 1. The third-order valence-electron chi connectivity index (χ3n) is 3.04. The Morgan fingerprint density at radius 3 is 2.55 bits per heavy atom. The van der Waals surface area contributed by atoms with Crippen molar-refractivity contribution < 1.29 is 5.11 Å². The van der Waals surface area contributed by atoms with Crippen LogP contribution in [0.15, 0.2) is 48.7 Å². The number of hydrogen-bond acceptors (Lipinski definition) is 4. The molecule has 0 bridgehead atoms. The molecule has 4 heteroatoms.